The summed E-state index contributed by atoms with van der Waals surface area (Å²) >= 11 is 0. The van der Waals surface area contributed by atoms with Gasteiger partial charge < -0.3 is 24.8 Å². The van der Waals surface area contributed by atoms with Crippen LogP contribution < -0.4 is 24.8 Å². The van der Waals surface area contributed by atoms with Crippen LogP contribution in [0.5, 0.6) is 17.2 Å². The van der Waals surface area contributed by atoms with E-state index >= 15 is 0 Å². The van der Waals surface area contributed by atoms with Crippen molar-refractivity contribution in [2.75, 3.05) is 41.0 Å². The summed E-state index contributed by atoms with van der Waals surface area (Å²) in [6.45, 7) is 14.3. The number of nitrogens with zero attached hydrogens (tertiary/aromatic N) is 2. The van der Waals surface area contributed by atoms with Crippen LogP contribution in [-0.2, 0) is 6.54 Å². The number of benzene rings is 1. The van der Waals surface area contributed by atoms with Gasteiger partial charge in [-0.05, 0) is 58.7 Å². The van der Waals surface area contributed by atoms with Gasteiger partial charge in [-0.2, -0.15) is 0 Å². The van der Waals surface area contributed by atoms with Crippen LogP contribution in [0.15, 0.2) is 17.1 Å². The minimum Gasteiger partial charge on any atom is -0.493 e. The number of ether oxygens (including phenoxy) is 3. The van der Waals surface area contributed by atoms with Gasteiger partial charge >= 0.3 is 0 Å². The molecule has 0 radical (unpaired) electrons. The maximum absolute atomic E-state index is 5.42. The van der Waals surface area contributed by atoms with Crippen molar-refractivity contribution in [1.29, 1.82) is 0 Å². The second-order valence-electron chi connectivity index (χ2n) is 7.43. The molecule has 0 fully saturated rings. The van der Waals surface area contributed by atoms with Crippen LogP contribution in [0, 0.1) is 0 Å². The van der Waals surface area contributed by atoms with E-state index in [2.05, 4.69) is 50.2 Å². The zero-order chi connectivity index (χ0) is 21.8. The monoisotopic (exact) mass is 408 g/mol. The molecule has 0 unspecified atom stereocenters. The third-order valence-electron chi connectivity index (χ3n) is 4.70. The lowest BCUT2D eigenvalue weighted by atomic mass is 10.2. The van der Waals surface area contributed by atoms with Crippen LogP contribution in [0.2, 0.25) is 0 Å². The molecule has 1 aromatic carbocycles. The summed E-state index contributed by atoms with van der Waals surface area (Å²) in [6, 6.07) is 4.96. The average Bonchev–Trinajstić information content (AvgIpc) is 2.70. The van der Waals surface area contributed by atoms with Gasteiger partial charge in [0.1, 0.15) is 0 Å². The number of aliphatic imine (C=N–C) groups is 1. The Labute approximate surface area is 176 Å². The molecule has 0 saturated heterocycles. The molecule has 0 amide bonds. The molecule has 166 valence electrons. The van der Waals surface area contributed by atoms with Gasteiger partial charge in [-0.25, -0.2) is 4.99 Å². The summed E-state index contributed by atoms with van der Waals surface area (Å²) in [4.78, 5) is 7.21. The number of guanidine groups is 1. The number of nitrogens with one attached hydrogen (secondary N) is 2. The van der Waals surface area contributed by atoms with Crippen molar-refractivity contribution in [1.82, 2.24) is 15.5 Å². The number of methoxy groups -OCH3 is 3. The summed E-state index contributed by atoms with van der Waals surface area (Å²) in [5, 5.41) is 6.73. The van der Waals surface area contributed by atoms with E-state index in [-0.39, 0.29) is 0 Å². The van der Waals surface area contributed by atoms with Crippen molar-refractivity contribution >= 4 is 5.96 Å². The van der Waals surface area contributed by atoms with Crippen molar-refractivity contribution in [3.63, 3.8) is 0 Å². The van der Waals surface area contributed by atoms with E-state index in [0.29, 0.717) is 35.9 Å². The Balaban J connectivity index is 2.75. The Morgan fingerprint density at radius 2 is 1.55 bits per heavy atom. The van der Waals surface area contributed by atoms with Crippen molar-refractivity contribution in [2.24, 2.45) is 4.99 Å². The lowest BCUT2D eigenvalue weighted by Gasteiger charge is -2.30. The highest BCUT2D eigenvalue weighted by Gasteiger charge is 2.14. The van der Waals surface area contributed by atoms with Crippen LogP contribution in [0.4, 0.5) is 0 Å². The summed E-state index contributed by atoms with van der Waals surface area (Å²) in [6.07, 6.45) is 1.06. The lowest BCUT2D eigenvalue weighted by Crippen LogP contribution is -2.41. The van der Waals surface area contributed by atoms with Crippen LogP contribution in [0.1, 0.15) is 46.6 Å². The predicted molar refractivity (Wildman–Crippen MR) is 121 cm³/mol. The van der Waals surface area contributed by atoms with Gasteiger partial charge in [-0.15, -0.1) is 0 Å². The molecule has 7 nitrogen and oxygen atoms in total. The Bertz CT molecular complexity index is 599. The first kappa shape index (κ1) is 24.9. The summed E-state index contributed by atoms with van der Waals surface area (Å²) in [5.74, 6) is 2.67. The van der Waals surface area contributed by atoms with Gasteiger partial charge in [-0.1, -0.05) is 0 Å². The number of rotatable bonds is 12. The van der Waals surface area contributed by atoms with Crippen molar-refractivity contribution in [3.05, 3.63) is 17.7 Å². The molecule has 0 aliphatic heterocycles. The fourth-order valence-corrected chi connectivity index (χ4v) is 3.32. The smallest absolute Gasteiger partial charge is 0.203 e. The third kappa shape index (κ3) is 8.01. The van der Waals surface area contributed by atoms with E-state index in [1.807, 2.05) is 12.1 Å². The molecule has 1 aromatic rings. The molecule has 0 saturated carbocycles. The van der Waals surface area contributed by atoms with Gasteiger partial charge in [0.15, 0.2) is 17.5 Å². The molecule has 0 aromatic heterocycles. The average molecular weight is 409 g/mol. The fourth-order valence-electron chi connectivity index (χ4n) is 3.32. The standard InChI is InChI=1S/C22H40N4O3/c1-9-23-22(24-11-10-12-26(16(2)3)17(4)5)25-15-18-13-19(27-6)21(29-8)20(14-18)28-7/h13-14,16-17H,9-12,15H2,1-8H3,(H2,23,24,25). The molecule has 2 N–H and O–H groups in total. The van der Waals surface area contributed by atoms with Gasteiger partial charge in [0, 0.05) is 31.7 Å². The Hall–Kier alpha value is -2.15. The first-order chi connectivity index (χ1) is 13.9. The highest BCUT2D eigenvalue weighted by molar-refractivity contribution is 5.79. The molecule has 0 aliphatic rings. The topological polar surface area (TPSA) is 67.4 Å². The van der Waals surface area contributed by atoms with Gasteiger partial charge in [0.2, 0.25) is 5.75 Å². The molecule has 0 spiro atoms. The Kier molecular flexibility index (Phi) is 11.3. The van der Waals surface area contributed by atoms with E-state index in [9.17, 15) is 0 Å². The molecule has 1 rings (SSSR count). The minimum atomic E-state index is 0.510. The van der Waals surface area contributed by atoms with E-state index in [1.165, 1.54) is 0 Å². The quantitative estimate of drug-likeness (QED) is 0.314. The predicted octanol–water partition coefficient (Wildman–Crippen LogP) is 3.28. The highest BCUT2D eigenvalue weighted by atomic mass is 16.5. The molecule has 7 heteroatoms. The second kappa shape index (κ2) is 13.1. The van der Waals surface area contributed by atoms with Gasteiger partial charge in [0.25, 0.3) is 0 Å². The number of hydrogen-bond donors (Lipinski definition) is 2. The van der Waals surface area contributed by atoms with Crippen molar-refractivity contribution in [2.45, 2.75) is 59.7 Å². The third-order valence-corrected chi connectivity index (χ3v) is 4.70. The Morgan fingerprint density at radius 1 is 0.966 bits per heavy atom. The molecule has 0 bridgehead atoms. The lowest BCUT2D eigenvalue weighted by molar-refractivity contribution is 0.173. The molecule has 0 aliphatic carbocycles. The van der Waals surface area contributed by atoms with Crippen LogP contribution in [0.3, 0.4) is 0 Å². The maximum Gasteiger partial charge on any atom is 0.203 e. The summed E-state index contributed by atoms with van der Waals surface area (Å²) < 4.78 is 16.2. The van der Waals surface area contributed by atoms with Crippen LogP contribution >= 0.6 is 0 Å². The molecular weight excluding hydrogens is 368 g/mol. The number of hydrogen-bond acceptors (Lipinski definition) is 5. The summed E-state index contributed by atoms with van der Waals surface area (Å²) in [5.41, 5.74) is 0.988. The van der Waals surface area contributed by atoms with Gasteiger partial charge in [0.05, 0.1) is 27.9 Å². The molecular formula is C22H40N4O3. The van der Waals surface area contributed by atoms with Crippen molar-refractivity contribution in [3.8, 4) is 17.2 Å². The van der Waals surface area contributed by atoms with Gasteiger partial charge in [-0.3, -0.25) is 4.90 Å². The zero-order valence-electron chi connectivity index (χ0n) is 19.5. The molecule has 29 heavy (non-hydrogen) atoms. The van der Waals surface area contributed by atoms with E-state index < -0.39 is 0 Å². The molecule has 0 atom stereocenters. The minimum absolute atomic E-state index is 0.510. The zero-order valence-corrected chi connectivity index (χ0v) is 19.5. The van der Waals surface area contributed by atoms with E-state index in [1.54, 1.807) is 21.3 Å². The first-order valence-corrected chi connectivity index (χ1v) is 10.4. The fraction of sp³-hybridized carbons (Fsp3) is 0.682. The molecule has 0 heterocycles. The normalized spacial score (nSPS) is 11.9. The second-order valence-corrected chi connectivity index (χ2v) is 7.43. The highest BCUT2D eigenvalue weighted by Crippen LogP contribution is 2.38. The van der Waals surface area contributed by atoms with Crippen LogP contribution in [0.25, 0.3) is 0 Å². The first-order valence-electron chi connectivity index (χ1n) is 10.4. The largest absolute Gasteiger partial charge is 0.493 e. The maximum atomic E-state index is 5.42. The Morgan fingerprint density at radius 3 is 2.00 bits per heavy atom. The SMILES string of the molecule is CCNC(=NCc1cc(OC)c(OC)c(OC)c1)NCCCN(C(C)C)C(C)C. The van der Waals surface area contributed by atoms with Crippen LogP contribution in [-0.4, -0.2) is 63.9 Å². The van der Waals surface area contributed by atoms with E-state index in [0.717, 1.165) is 37.6 Å². The van der Waals surface area contributed by atoms with E-state index in [4.69, 9.17) is 19.2 Å². The van der Waals surface area contributed by atoms with Crippen molar-refractivity contribution < 1.29 is 14.2 Å². The summed E-state index contributed by atoms with van der Waals surface area (Å²) in [7, 11) is 4.84.